The van der Waals surface area contributed by atoms with Crippen molar-refractivity contribution >= 4 is 17.9 Å². The second kappa shape index (κ2) is 7.44. The molecular formula is C15H15ClO3. The van der Waals surface area contributed by atoms with Crippen LogP contribution in [0.4, 0.5) is 0 Å². The molecule has 1 N–H and O–H groups in total. The molecular weight excluding hydrogens is 264 g/mol. The molecule has 100 valence electrons. The number of rotatable bonds is 6. The van der Waals surface area contributed by atoms with E-state index in [4.69, 9.17) is 16.3 Å². The Balaban J connectivity index is 2.70. The van der Waals surface area contributed by atoms with E-state index in [9.17, 15) is 9.90 Å². The quantitative estimate of drug-likeness (QED) is 0.633. The molecule has 3 nitrogen and oxygen atoms in total. The van der Waals surface area contributed by atoms with E-state index in [1.807, 2.05) is 31.2 Å². The highest BCUT2D eigenvalue weighted by Gasteiger charge is 2.08. The van der Waals surface area contributed by atoms with Gasteiger partial charge in [-0.3, -0.25) is 4.79 Å². The molecule has 0 aromatic heterocycles. The number of phenols is 1. The number of carbonyl (C=O) groups excluding carboxylic acids is 1. The summed E-state index contributed by atoms with van der Waals surface area (Å²) >= 11 is 5.94. The van der Waals surface area contributed by atoms with Gasteiger partial charge in [0.05, 0.1) is 10.6 Å². The van der Waals surface area contributed by atoms with Crippen LogP contribution in [0.3, 0.4) is 0 Å². The highest BCUT2D eigenvalue weighted by atomic mass is 35.5. The third kappa shape index (κ3) is 4.64. The minimum atomic E-state index is -0.163. The number of hydrogen-bond acceptors (Lipinski definition) is 3. The molecule has 0 spiro atoms. The lowest BCUT2D eigenvalue weighted by Crippen LogP contribution is -1.99. The van der Waals surface area contributed by atoms with Gasteiger partial charge in [0.2, 0.25) is 0 Å². The predicted molar refractivity (Wildman–Crippen MR) is 77.1 cm³/mol. The SMILES string of the molecule is C=C(/C=C\C=C\C)COc1cc(O)c(C=O)cc1Cl. The van der Waals surface area contributed by atoms with Gasteiger partial charge in [-0.05, 0) is 18.6 Å². The standard InChI is InChI=1S/C15H15ClO3/c1-3-4-5-6-11(2)10-19-15-8-14(18)12(9-17)7-13(15)16/h3-9,18H,2,10H2,1H3/b4-3+,6-5-. The predicted octanol–water partition coefficient (Wildman–Crippen LogP) is 3.93. The summed E-state index contributed by atoms with van der Waals surface area (Å²) < 4.78 is 5.43. The minimum absolute atomic E-state index is 0.129. The van der Waals surface area contributed by atoms with E-state index in [0.717, 1.165) is 5.57 Å². The molecule has 0 atom stereocenters. The molecule has 0 bridgehead atoms. The van der Waals surface area contributed by atoms with Gasteiger partial charge in [0.1, 0.15) is 18.1 Å². The maximum atomic E-state index is 10.6. The van der Waals surface area contributed by atoms with Gasteiger partial charge in [-0.15, -0.1) is 0 Å². The number of aldehydes is 1. The summed E-state index contributed by atoms with van der Waals surface area (Å²) in [5.41, 5.74) is 0.886. The van der Waals surface area contributed by atoms with Crippen LogP contribution in [0.1, 0.15) is 17.3 Å². The molecule has 0 aliphatic carbocycles. The molecule has 0 aliphatic rings. The van der Waals surface area contributed by atoms with Crippen molar-refractivity contribution < 1.29 is 14.6 Å². The Bertz CT molecular complexity index is 530. The third-order valence-corrected chi connectivity index (χ3v) is 2.55. The van der Waals surface area contributed by atoms with E-state index in [1.54, 1.807) is 0 Å². The van der Waals surface area contributed by atoms with Crippen molar-refractivity contribution in [3.05, 3.63) is 59.2 Å². The first-order valence-corrected chi connectivity index (χ1v) is 6.04. The van der Waals surface area contributed by atoms with E-state index >= 15 is 0 Å². The summed E-state index contributed by atoms with van der Waals surface area (Å²) in [5.74, 6) is 0.148. The molecule has 0 amide bonds. The maximum absolute atomic E-state index is 10.6. The van der Waals surface area contributed by atoms with Crippen LogP contribution in [0.15, 0.2) is 48.6 Å². The van der Waals surface area contributed by atoms with E-state index in [2.05, 4.69) is 6.58 Å². The molecule has 1 aromatic rings. The molecule has 0 saturated heterocycles. The maximum Gasteiger partial charge on any atom is 0.153 e. The molecule has 0 fully saturated rings. The van der Waals surface area contributed by atoms with Crippen molar-refractivity contribution in [2.24, 2.45) is 0 Å². The number of allylic oxidation sites excluding steroid dienone is 3. The number of halogens is 1. The number of hydrogen-bond donors (Lipinski definition) is 1. The largest absolute Gasteiger partial charge is 0.507 e. The van der Waals surface area contributed by atoms with Gasteiger partial charge in [0.25, 0.3) is 0 Å². The smallest absolute Gasteiger partial charge is 0.153 e. The van der Waals surface area contributed by atoms with E-state index in [-0.39, 0.29) is 22.9 Å². The molecule has 0 aliphatic heterocycles. The van der Waals surface area contributed by atoms with Gasteiger partial charge in [-0.2, -0.15) is 0 Å². The first-order chi connectivity index (χ1) is 9.08. The lowest BCUT2D eigenvalue weighted by Gasteiger charge is -2.09. The van der Waals surface area contributed by atoms with Gasteiger partial charge < -0.3 is 9.84 Å². The molecule has 0 radical (unpaired) electrons. The van der Waals surface area contributed by atoms with Crippen LogP contribution < -0.4 is 4.74 Å². The van der Waals surface area contributed by atoms with Crippen LogP contribution in [0.5, 0.6) is 11.5 Å². The van der Waals surface area contributed by atoms with Crippen LogP contribution in [0.2, 0.25) is 5.02 Å². The fraction of sp³-hybridized carbons (Fsp3) is 0.133. The fourth-order valence-corrected chi connectivity index (χ4v) is 1.51. The zero-order valence-electron chi connectivity index (χ0n) is 10.6. The molecule has 1 rings (SSSR count). The second-order valence-electron chi connectivity index (χ2n) is 3.79. The summed E-state index contributed by atoms with van der Waals surface area (Å²) in [4.78, 5) is 10.6. The van der Waals surface area contributed by atoms with Crippen LogP contribution >= 0.6 is 11.6 Å². The van der Waals surface area contributed by atoms with Crippen LogP contribution in [-0.2, 0) is 0 Å². The third-order valence-electron chi connectivity index (χ3n) is 2.26. The fourth-order valence-electron chi connectivity index (χ4n) is 1.28. The van der Waals surface area contributed by atoms with Gasteiger partial charge >= 0.3 is 0 Å². The number of benzene rings is 1. The van der Waals surface area contributed by atoms with E-state index < -0.39 is 0 Å². The zero-order valence-corrected chi connectivity index (χ0v) is 11.4. The summed E-state index contributed by atoms with van der Waals surface area (Å²) in [6, 6.07) is 2.67. The summed E-state index contributed by atoms with van der Waals surface area (Å²) in [6.07, 6.45) is 7.97. The van der Waals surface area contributed by atoms with Crippen molar-refractivity contribution in [2.75, 3.05) is 6.61 Å². The average Bonchev–Trinajstić information content (AvgIpc) is 2.39. The lowest BCUT2D eigenvalue weighted by molar-refractivity contribution is 0.112. The Labute approximate surface area is 117 Å². The first kappa shape index (κ1) is 15.1. The van der Waals surface area contributed by atoms with Gasteiger partial charge in [-0.1, -0.05) is 42.5 Å². The first-order valence-electron chi connectivity index (χ1n) is 5.66. The zero-order chi connectivity index (χ0) is 14.3. The van der Waals surface area contributed by atoms with E-state index in [1.165, 1.54) is 12.1 Å². The molecule has 0 saturated carbocycles. The Hall–Kier alpha value is -2.00. The van der Waals surface area contributed by atoms with Crippen LogP contribution in [0.25, 0.3) is 0 Å². The van der Waals surface area contributed by atoms with Crippen molar-refractivity contribution in [1.82, 2.24) is 0 Å². The number of aromatic hydroxyl groups is 1. The lowest BCUT2D eigenvalue weighted by atomic mass is 10.2. The average molecular weight is 279 g/mol. The molecule has 0 heterocycles. The Morgan fingerprint density at radius 3 is 2.84 bits per heavy atom. The van der Waals surface area contributed by atoms with Crippen molar-refractivity contribution in [3.63, 3.8) is 0 Å². The minimum Gasteiger partial charge on any atom is -0.507 e. The van der Waals surface area contributed by atoms with Gasteiger partial charge in [0.15, 0.2) is 6.29 Å². The highest BCUT2D eigenvalue weighted by molar-refractivity contribution is 6.32. The topological polar surface area (TPSA) is 46.5 Å². The summed E-state index contributed by atoms with van der Waals surface area (Å²) in [6.45, 7) is 5.98. The van der Waals surface area contributed by atoms with Gasteiger partial charge in [-0.25, -0.2) is 0 Å². The number of carbonyl (C=O) groups is 1. The second-order valence-corrected chi connectivity index (χ2v) is 4.20. The monoisotopic (exact) mass is 278 g/mol. The van der Waals surface area contributed by atoms with Crippen molar-refractivity contribution in [3.8, 4) is 11.5 Å². The normalized spacial score (nSPS) is 11.1. The molecule has 0 unspecified atom stereocenters. The number of phenolic OH excluding ortho intramolecular Hbond substituents is 1. The van der Waals surface area contributed by atoms with Gasteiger partial charge in [0, 0.05) is 6.07 Å². The molecule has 1 aromatic carbocycles. The molecule has 4 heteroatoms. The van der Waals surface area contributed by atoms with Crippen molar-refractivity contribution in [1.29, 1.82) is 0 Å². The van der Waals surface area contributed by atoms with Crippen molar-refractivity contribution in [2.45, 2.75) is 6.92 Å². The Kier molecular flexibility index (Phi) is 5.90. The van der Waals surface area contributed by atoms with Crippen LogP contribution in [0, 0.1) is 0 Å². The number of ether oxygens (including phenoxy) is 1. The highest BCUT2D eigenvalue weighted by Crippen LogP contribution is 2.31. The van der Waals surface area contributed by atoms with E-state index in [0.29, 0.717) is 12.0 Å². The Morgan fingerprint density at radius 1 is 1.47 bits per heavy atom. The van der Waals surface area contributed by atoms with Crippen LogP contribution in [-0.4, -0.2) is 18.0 Å². The Morgan fingerprint density at radius 2 is 2.21 bits per heavy atom. The summed E-state index contributed by atoms with van der Waals surface area (Å²) in [5, 5.41) is 9.81. The summed E-state index contributed by atoms with van der Waals surface area (Å²) in [7, 11) is 0. The molecule has 19 heavy (non-hydrogen) atoms.